The van der Waals surface area contributed by atoms with Crippen molar-refractivity contribution in [3.63, 3.8) is 0 Å². The summed E-state index contributed by atoms with van der Waals surface area (Å²) in [7, 11) is 0. The lowest BCUT2D eigenvalue weighted by molar-refractivity contribution is 0.318. The minimum atomic E-state index is 0.592. The first-order chi connectivity index (χ1) is 9.29. The largest absolute Gasteiger partial charge is 0.491 e. The van der Waals surface area contributed by atoms with Gasteiger partial charge in [-0.1, -0.05) is 19.4 Å². The summed E-state index contributed by atoms with van der Waals surface area (Å²) in [6, 6.07) is 6.97. The molecule has 1 saturated heterocycles. The summed E-state index contributed by atoms with van der Waals surface area (Å²) in [5.41, 5.74) is 2.36. The fourth-order valence-electron chi connectivity index (χ4n) is 2.44. The molecule has 1 aliphatic heterocycles. The molecule has 19 heavy (non-hydrogen) atoms. The Bertz CT molecular complexity index is 386. The second-order valence-corrected chi connectivity index (χ2v) is 5.38. The highest BCUT2D eigenvalue weighted by atomic mass is 16.5. The van der Waals surface area contributed by atoms with Crippen molar-refractivity contribution in [3.8, 4) is 5.75 Å². The maximum atomic E-state index is 5.82. The Morgan fingerprint density at radius 3 is 3.00 bits per heavy atom. The lowest BCUT2D eigenvalue weighted by Gasteiger charge is -2.24. The summed E-state index contributed by atoms with van der Waals surface area (Å²) in [6.45, 7) is 7.14. The minimum Gasteiger partial charge on any atom is -0.491 e. The lowest BCUT2D eigenvalue weighted by Crippen LogP contribution is -2.39. The van der Waals surface area contributed by atoms with E-state index >= 15 is 0 Å². The van der Waals surface area contributed by atoms with E-state index in [1.54, 1.807) is 0 Å². The van der Waals surface area contributed by atoms with Gasteiger partial charge in [0.1, 0.15) is 5.75 Å². The van der Waals surface area contributed by atoms with Crippen molar-refractivity contribution >= 4 is 5.69 Å². The lowest BCUT2D eigenvalue weighted by atomic mass is 10.0. The monoisotopic (exact) mass is 262 g/mol. The van der Waals surface area contributed by atoms with Gasteiger partial charge in [0, 0.05) is 12.6 Å². The number of hydrogen-bond acceptors (Lipinski definition) is 3. The third kappa shape index (κ3) is 4.43. The molecule has 1 aromatic rings. The first-order valence-electron chi connectivity index (χ1n) is 7.50. The van der Waals surface area contributed by atoms with Crippen LogP contribution < -0.4 is 15.4 Å². The number of anilines is 1. The first-order valence-corrected chi connectivity index (χ1v) is 7.50. The second-order valence-electron chi connectivity index (χ2n) is 5.38. The molecular formula is C16H26N2O. The van der Waals surface area contributed by atoms with Crippen molar-refractivity contribution < 1.29 is 4.74 Å². The standard InChI is InChI=1S/C16H26N2O/c1-3-10-19-16-11-13(2)7-8-15(16)18-12-14-6-4-5-9-17-14/h7-8,11,14,17-18H,3-6,9-10,12H2,1-2H3. The maximum absolute atomic E-state index is 5.82. The highest BCUT2D eigenvalue weighted by Crippen LogP contribution is 2.26. The van der Waals surface area contributed by atoms with E-state index in [4.69, 9.17) is 4.74 Å². The summed E-state index contributed by atoms with van der Waals surface area (Å²) < 4.78 is 5.82. The van der Waals surface area contributed by atoms with Gasteiger partial charge in [0.15, 0.2) is 0 Å². The normalized spacial score (nSPS) is 19.2. The Balaban J connectivity index is 1.93. The number of aryl methyl sites for hydroxylation is 1. The first kappa shape index (κ1) is 14.2. The summed E-state index contributed by atoms with van der Waals surface area (Å²) in [4.78, 5) is 0. The molecule has 1 fully saturated rings. The molecular weight excluding hydrogens is 236 g/mol. The van der Waals surface area contributed by atoms with Crippen LogP contribution in [0.5, 0.6) is 5.75 Å². The molecule has 0 spiro atoms. The topological polar surface area (TPSA) is 33.3 Å². The quantitative estimate of drug-likeness (QED) is 0.825. The van der Waals surface area contributed by atoms with Gasteiger partial charge < -0.3 is 15.4 Å². The highest BCUT2D eigenvalue weighted by Gasteiger charge is 2.13. The molecule has 0 amide bonds. The van der Waals surface area contributed by atoms with Crippen LogP contribution >= 0.6 is 0 Å². The zero-order chi connectivity index (χ0) is 13.5. The predicted molar refractivity (Wildman–Crippen MR) is 81.1 cm³/mol. The van der Waals surface area contributed by atoms with Gasteiger partial charge in [-0.25, -0.2) is 0 Å². The van der Waals surface area contributed by atoms with Crippen LogP contribution in [-0.4, -0.2) is 25.7 Å². The van der Waals surface area contributed by atoms with Crippen molar-refractivity contribution in [2.75, 3.05) is 25.0 Å². The van der Waals surface area contributed by atoms with Gasteiger partial charge in [-0.05, 0) is 50.4 Å². The van der Waals surface area contributed by atoms with E-state index in [1.807, 2.05) is 0 Å². The summed E-state index contributed by atoms with van der Waals surface area (Å²) >= 11 is 0. The van der Waals surface area contributed by atoms with Crippen LogP contribution in [0.25, 0.3) is 0 Å². The fraction of sp³-hybridized carbons (Fsp3) is 0.625. The molecule has 1 atom stereocenters. The molecule has 0 radical (unpaired) electrons. The summed E-state index contributed by atoms with van der Waals surface area (Å²) in [5.74, 6) is 0.984. The van der Waals surface area contributed by atoms with Crippen LogP contribution in [0, 0.1) is 6.92 Å². The molecule has 2 rings (SSSR count). The minimum absolute atomic E-state index is 0.592. The van der Waals surface area contributed by atoms with E-state index in [-0.39, 0.29) is 0 Å². The molecule has 0 aliphatic carbocycles. The third-order valence-corrected chi connectivity index (χ3v) is 3.55. The van der Waals surface area contributed by atoms with Crippen LogP contribution in [0.1, 0.15) is 38.2 Å². The van der Waals surface area contributed by atoms with E-state index in [9.17, 15) is 0 Å². The van der Waals surface area contributed by atoms with Crippen molar-refractivity contribution in [1.82, 2.24) is 5.32 Å². The Hall–Kier alpha value is -1.22. The molecule has 106 valence electrons. The molecule has 3 nitrogen and oxygen atoms in total. The van der Waals surface area contributed by atoms with Crippen LogP contribution in [-0.2, 0) is 0 Å². The number of ether oxygens (including phenoxy) is 1. The maximum Gasteiger partial charge on any atom is 0.142 e. The van der Waals surface area contributed by atoms with Gasteiger partial charge >= 0.3 is 0 Å². The average Bonchev–Trinajstić information content (AvgIpc) is 2.45. The molecule has 1 aromatic carbocycles. The molecule has 1 aliphatic rings. The molecule has 0 aromatic heterocycles. The van der Waals surface area contributed by atoms with Crippen LogP contribution in [0.4, 0.5) is 5.69 Å². The van der Waals surface area contributed by atoms with Crippen molar-refractivity contribution in [3.05, 3.63) is 23.8 Å². The number of hydrogen-bond donors (Lipinski definition) is 2. The van der Waals surface area contributed by atoms with Gasteiger partial charge in [0.05, 0.1) is 12.3 Å². The predicted octanol–water partition coefficient (Wildman–Crippen LogP) is 3.34. The fourth-order valence-corrected chi connectivity index (χ4v) is 2.44. The molecule has 2 N–H and O–H groups in total. The smallest absolute Gasteiger partial charge is 0.142 e. The second kappa shape index (κ2) is 7.39. The zero-order valence-corrected chi connectivity index (χ0v) is 12.2. The third-order valence-electron chi connectivity index (χ3n) is 3.55. The van der Waals surface area contributed by atoms with Gasteiger partial charge in [0.2, 0.25) is 0 Å². The Kier molecular flexibility index (Phi) is 5.52. The van der Waals surface area contributed by atoms with E-state index in [2.05, 4.69) is 42.7 Å². The highest BCUT2D eigenvalue weighted by molar-refractivity contribution is 5.57. The Labute approximate surface area is 116 Å². The molecule has 0 saturated carbocycles. The molecule has 3 heteroatoms. The summed E-state index contributed by atoms with van der Waals surface area (Å²) in [5, 5.41) is 7.09. The Morgan fingerprint density at radius 1 is 1.37 bits per heavy atom. The van der Waals surface area contributed by atoms with E-state index in [1.165, 1.54) is 24.8 Å². The van der Waals surface area contributed by atoms with Crippen molar-refractivity contribution in [2.24, 2.45) is 0 Å². The van der Waals surface area contributed by atoms with E-state index < -0.39 is 0 Å². The number of nitrogens with one attached hydrogen (secondary N) is 2. The van der Waals surface area contributed by atoms with Crippen LogP contribution in [0.2, 0.25) is 0 Å². The van der Waals surface area contributed by atoms with Crippen molar-refractivity contribution in [2.45, 2.75) is 45.6 Å². The number of piperidine rings is 1. The zero-order valence-electron chi connectivity index (χ0n) is 12.2. The summed E-state index contributed by atoms with van der Waals surface area (Å²) in [6.07, 6.45) is 4.96. The van der Waals surface area contributed by atoms with Gasteiger partial charge in [-0.15, -0.1) is 0 Å². The van der Waals surface area contributed by atoms with Crippen LogP contribution in [0.3, 0.4) is 0 Å². The van der Waals surface area contributed by atoms with E-state index in [0.717, 1.165) is 37.6 Å². The SMILES string of the molecule is CCCOc1cc(C)ccc1NCC1CCCCN1. The number of rotatable bonds is 6. The van der Waals surface area contributed by atoms with Crippen molar-refractivity contribution in [1.29, 1.82) is 0 Å². The van der Waals surface area contributed by atoms with Crippen LogP contribution in [0.15, 0.2) is 18.2 Å². The van der Waals surface area contributed by atoms with Gasteiger partial charge in [0.25, 0.3) is 0 Å². The average molecular weight is 262 g/mol. The molecule has 1 heterocycles. The van der Waals surface area contributed by atoms with E-state index in [0.29, 0.717) is 6.04 Å². The number of benzene rings is 1. The molecule has 0 bridgehead atoms. The van der Waals surface area contributed by atoms with Gasteiger partial charge in [-0.3, -0.25) is 0 Å². The molecule has 1 unspecified atom stereocenters. The van der Waals surface area contributed by atoms with Gasteiger partial charge in [-0.2, -0.15) is 0 Å². The Morgan fingerprint density at radius 2 is 2.26 bits per heavy atom.